The highest BCUT2D eigenvalue weighted by molar-refractivity contribution is 6.30. The normalized spacial score (nSPS) is 10.5. The zero-order chi connectivity index (χ0) is 12.5. The van der Waals surface area contributed by atoms with Crippen LogP contribution in [0.3, 0.4) is 0 Å². The van der Waals surface area contributed by atoms with E-state index in [0.29, 0.717) is 6.61 Å². The molecule has 0 heterocycles. The average Bonchev–Trinajstić information content (AvgIpc) is 2.32. The molecule has 0 bridgehead atoms. The van der Waals surface area contributed by atoms with Crippen molar-refractivity contribution < 1.29 is 9.47 Å². The van der Waals surface area contributed by atoms with Gasteiger partial charge in [0.15, 0.2) is 6.79 Å². The van der Waals surface area contributed by atoms with Crippen molar-refractivity contribution in [3.8, 4) is 5.75 Å². The molecule has 0 atom stereocenters. The zero-order valence-corrected chi connectivity index (χ0v) is 11.2. The minimum atomic E-state index is 0.277. The molecule has 0 radical (unpaired) electrons. The molecule has 0 aliphatic heterocycles. The first kappa shape index (κ1) is 14.3. The van der Waals surface area contributed by atoms with Crippen molar-refractivity contribution in [3.63, 3.8) is 0 Å². The Morgan fingerprint density at radius 2 is 2.12 bits per heavy atom. The smallest absolute Gasteiger partial charge is 0.189 e. The van der Waals surface area contributed by atoms with Crippen LogP contribution in [0.25, 0.3) is 0 Å². The van der Waals surface area contributed by atoms with Crippen molar-refractivity contribution in [2.75, 3.05) is 19.9 Å². The number of rotatable bonds is 8. The lowest BCUT2D eigenvalue weighted by molar-refractivity contribution is 0.0218. The summed E-state index contributed by atoms with van der Waals surface area (Å²) < 4.78 is 10.7. The van der Waals surface area contributed by atoms with E-state index in [2.05, 4.69) is 12.2 Å². The fourth-order valence-electron chi connectivity index (χ4n) is 1.42. The fraction of sp³-hybridized carbons (Fsp3) is 0.538. The maximum absolute atomic E-state index is 5.98. The lowest BCUT2D eigenvalue weighted by Gasteiger charge is -2.12. The molecular formula is C13H20ClNO2. The Labute approximate surface area is 108 Å². The van der Waals surface area contributed by atoms with Gasteiger partial charge >= 0.3 is 0 Å². The standard InChI is InChI=1S/C13H20ClNO2/c1-3-7-15-9-11-8-12(14)5-6-13(11)17-10-16-4-2/h5-6,8,15H,3-4,7,9-10H2,1-2H3. The second-order valence-electron chi connectivity index (χ2n) is 3.68. The van der Waals surface area contributed by atoms with E-state index in [4.69, 9.17) is 21.1 Å². The molecule has 0 amide bonds. The molecule has 0 fully saturated rings. The minimum Gasteiger partial charge on any atom is -0.467 e. The average molecular weight is 258 g/mol. The molecule has 0 saturated carbocycles. The summed E-state index contributed by atoms with van der Waals surface area (Å²) in [4.78, 5) is 0. The monoisotopic (exact) mass is 257 g/mol. The molecule has 1 rings (SSSR count). The van der Waals surface area contributed by atoms with Crippen LogP contribution in [0.2, 0.25) is 5.02 Å². The van der Waals surface area contributed by atoms with E-state index in [1.165, 1.54) is 0 Å². The van der Waals surface area contributed by atoms with Gasteiger partial charge in [-0.05, 0) is 38.1 Å². The minimum absolute atomic E-state index is 0.277. The molecular weight excluding hydrogens is 238 g/mol. The SMILES string of the molecule is CCCNCc1cc(Cl)ccc1OCOCC. The maximum Gasteiger partial charge on any atom is 0.189 e. The van der Waals surface area contributed by atoms with Crippen molar-refractivity contribution in [2.24, 2.45) is 0 Å². The summed E-state index contributed by atoms with van der Waals surface area (Å²) in [6.07, 6.45) is 1.11. The topological polar surface area (TPSA) is 30.5 Å². The van der Waals surface area contributed by atoms with Gasteiger partial charge < -0.3 is 14.8 Å². The molecule has 0 aromatic heterocycles. The summed E-state index contributed by atoms with van der Waals surface area (Å²) in [5.74, 6) is 0.825. The Hall–Kier alpha value is -0.770. The molecule has 0 unspecified atom stereocenters. The molecule has 0 saturated heterocycles. The summed E-state index contributed by atoms with van der Waals surface area (Å²) in [6.45, 7) is 6.75. The number of halogens is 1. The summed E-state index contributed by atoms with van der Waals surface area (Å²) in [6, 6.07) is 5.63. The summed E-state index contributed by atoms with van der Waals surface area (Å²) in [7, 11) is 0. The maximum atomic E-state index is 5.98. The highest BCUT2D eigenvalue weighted by Crippen LogP contribution is 2.22. The van der Waals surface area contributed by atoms with Crippen LogP contribution < -0.4 is 10.1 Å². The summed E-state index contributed by atoms with van der Waals surface area (Å²) >= 11 is 5.98. The van der Waals surface area contributed by atoms with Gasteiger partial charge in [0, 0.05) is 23.7 Å². The van der Waals surface area contributed by atoms with Gasteiger partial charge in [0.25, 0.3) is 0 Å². The van der Waals surface area contributed by atoms with Crippen LogP contribution in [-0.2, 0) is 11.3 Å². The van der Waals surface area contributed by atoms with Crippen molar-refractivity contribution in [1.29, 1.82) is 0 Å². The Morgan fingerprint density at radius 3 is 2.82 bits per heavy atom. The third-order valence-electron chi connectivity index (χ3n) is 2.27. The predicted molar refractivity (Wildman–Crippen MR) is 70.6 cm³/mol. The van der Waals surface area contributed by atoms with Crippen molar-refractivity contribution >= 4 is 11.6 Å². The third-order valence-corrected chi connectivity index (χ3v) is 2.50. The first-order chi connectivity index (χ1) is 8.27. The van der Waals surface area contributed by atoms with Gasteiger partial charge in [-0.2, -0.15) is 0 Å². The van der Waals surface area contributed by atoms with Gasteiger partial charge in [0.2, 0.25) is 0 Å². The molecule has 1 aromatic rings. The van der Waals surface area contributed by atoms with Crippen LogP contribution in [-0.4, -0.2) is 19.9 Å². The second kappa shape index (κ2) is 8.34. The molecule has 1 aromatic carbocycles. The molecule has 1 N–H and O–H groups in total. The van der Waals surface area contributed by atoms with E-state index < -0.39 is 0 Å². The van der Waals surface area contributed by atoms with Gasteiger partial charge in [-0.1, -0.05) is 18.5 Å². The first-order valence-corrected chi connectivity index (χ1v) is 6.35. The molecule has 3 nitrogen and oxygen atoms in total. The van der Waals surface area contributed by atoms with Crippen LogP contribution in [0.5, 0.6) is 5.75 Å². The number of hydrogen-bond donors (Lipinski definition) is 1. The van der Waals surface area contributed by atoms with Gasteiger partial charge in [0.1, 0.15) is 5.75 Å². The number of hydrogen-bond acceptors (Lipinski definition) is 3. The first-order valence-electron chi connectivity index (χ1n) is 5.97. The second-order valence-corrected chi connectivity index (χ2v) is 4.12. The highest BCUT2D eigenvalue weighted by Gasteiger charge is 2.04. The van der Waals surface area contributed by atoms with E-state index in [1.54, 1.807) is 0 Å². The van der Waals surface area contributed by atoms with E-state index in [0.717, 1.165) is 35.8 Å². The Morgan fingerprint density at radius 1 is 1.29 bits per heavy atom. The molecule has 0 spiro atoms. The van der Waals surface area contributed by atoms with Crippen molar-refractivity contribution in [2.45, 2.75) is 26.8 Å². The van der Waals surface area contributed by atoms with Crippen LogP contribution in [0.1, 0.15) is 25.8 Å². The predicted octanol–water partition coefficient (Wildman–Crippen LogP) is 3.21. The number of benzene rings is 1. The largest absolute Gasteiger partial charge is 0.467 e. The van der Waals surface area contributed by atoms with E-state index in [1.807, 2.05) is 25.1 Å². The van der Waals surface area contributed by atoms with E-state index in [9.17, 15) is 0 Å². The van der Waals surface area contributed by atoms with Crippen LogP contribution in [0.15, 0.2) is 18.2 Å². The van der Waals surface area contributed by atoms with Gasteiger partial charge in [0.05, 0.1) is 0 Å². The lowest BCUT2D eigenvalue weighted by Crippen LogP contribution is -2.15. The van der Waals surface area contributed by atoms with Crippen molar-refractivity contribution in [1.82, 2.24) is 5.32 Å². The van der Waals surface area contributed by atoms with E-state index in [-0.39, 0.29) is 6.79 Å². The molecule has 0 aliphatic rings. The van der Waals surface area contributed by atoms with Crippen LogP contribution >= 0.6 is 11.6 Å². The number of nitrogens with one attached hydrogen (secondary N) is 1. The Kier molecular flexibility index (Phi) is 7.01. The number of ether oxygens (including phenoxy) is 2. The van der Waals surface area contributed by atoms with Gasteiger partial charge in [-0.3, -0.25) is 0 Å². The lowest BCUT2D eigenvalue weighted by atomic mass is 10.2. The fourth-order valence-corrected chi connectivity index (χ4v) is 1.61. The summed E-state index contributed by atoms with van der Waals surface area (Å²) in [5, 5.41) is 4.05. The van der Waals surface area contributed by atoms with E-state index >= 15 is 0 Å². The quantitative estimate of drug-likeness (QED) is 0.573. The molecule has 0 aliphatic carbocycles. The van der Waals surface area contributed by atoms with Crippen LogP contribution in [0, 0.1) is 0 Å². The van der Waals surface area contributed by atoms with Crippen LogP contribution in [0.4, 0.5) is 0 Å². The van der Waals surface area contributed by atoms with Gasteiger partial charge in [-0.25, -0.2) is 0 Å². The third kappa shape index (κ3) is 5.39. The Balaban J connectivity index is 2.59. The summed E-state index contributed by atoms with van der Waals surface area (Å²) in [5.41, 5.74) is 1.06. The molecule has 96 valence electrons. The zero-order valence-electron chi connectivity index (χ0n) is 10.5. The van der Waals surface area contributed by atoms with Crippen molar-refractivity contribution in [3.05, 3.63) is 28.8 Å². The molecule has 17 heavy (non-hydrogen) atoms. The van der Waals surface area contributed by atoms with Gasteiger partial charge in [-0.15, -0.1) is 0 Å². The highest BCUT2D eigenvalue weighted by atomic mass is 35.5. The Bertz CT molecular complexity index is 331. The molecule has 4 heteroatoms.